The van der Waals surface area contributed by atoms with Crippen LogP contribution in [0, 0.1) is 5.41 Å². The number of halogens is 1. The number of hydrogen-bond acceptors (Lipinski definition) is 12. The van der Waals surface area contributed by atoms with E-state index in [9.17, 15) is 14.5 Å². The first-order valence-electron chi connectivity index (χ1n) is 14.5. The highest BCUT2D eigenvalue weighted by Crippen LogP contribution is 2.49. The van der Waals surface area contributed by atoms with Crippen molar-refractivity contribution in [3.8, 4) is 11.6 Å². The smallest absolute Gasteiger partial charge is 0.459 e. The Balaban J connectivity index is 1.40. The van der Waals surface area contributed by atoms with E-state index < -0.39 is 50.5 Å². The Morgan fingerprint density at radius 3 is 2.67 bits per heavy atom. The number of esters is 1. The van der Waals surface area contributed by atoms with Gasteiger partial charge in [-0.25, -0.2) is 13.9 Å². The highest BCUT2D eigenvalue weighted by molar-refractivity contribution is 7.52. The molecule has 0 aliphatic carbocycles. The van der Waals surface area contributed by atoms with E-state index in [0.29, 0.717) is 5.39 Å². The number of carbonyl (C=O) groups excluding carboxylic acids is 1. The number of aliphatic hydroxyl groups excluding tert-OH is 1. The molecule has 1 aliphatic rings. The van der Waals surface area contributed by atoms with E-state index in [1.807, 2.05) is 39.0 Å². The van der Waals surface area contributed by atoms with Crippen LogP contribution in [0.15, 0.2) is 48.8 Å². The summed E-state index contributed by atoms with van der Waals surface area (Å²) in [5.41, 5.74) is 3.43. The Kier molecular flexibility index (Phi) is 9.26. The minimum atomic E-state index is -4.41. The van der Waals surface area contributed by atoms with Gasteiger partial charge in [-0.3, -0.25) is 13.9 Å². The van der Waals surface area contributed by atoms with Gasteiger partial charge in [0.15, 0.2) is 23.1 Å². The number of fused-ring (bicyclic) bond motifs is 2. The summed E-state index contributed by atoms with van der Waals surface area (Å²) >= 11 is 0. The lowest BCUT2D eigenvalue weighted by Gasteiger charge is -2.26. The number of aliphatic hydroxyl groups is 1. The molecule has 0 amide bonds. The Labute approximate surface area is 264 Å². The molecule has 4 aromatic rings. The van der Waals surface area contributed by atoms with Gasteiger partial charge < -0.3 is 29.6 Å². The summed E-state index contributed by atoms with van der Waals surface area (Å²) in [7, 11) is -3.04. The fourth-order valence-corrected chi connectivity index (χ4v) is 6.46. The lowest BCUT2D eigenvalue weighted by atomic mass is 9.98. The van der Waals surface area contributed by atoms with Crippen LogP contribution in [0.5, 0.6) is 11.6 Å². The maximum absolute atomic E-state index is 16.2. The maximum atomic E-state index is 16.2. The molecule has 14 nitrogen and oxygen atoms in total. The average molecular weight is 661 g/mol. The number of nitrogens with zero attached hydrogens (tertiary/aromatic N) is 4. The molecule has 248 valence electrons. The van der Waals surface area contributed by atoms with Crippen LogP contribution in [-0.2, 0) is 23.4 Å². The van der Waals surface area contributed by atoms with Crippen molar-refractivity contribution in [3.63, 3.8) is 0 Å². The van der Waals surface area contributed by atoms with E-state index in [-0.39, 0.29) is 40.8 Å². The maximum Gasteiger partial charge on any atom is 0.459 e. The Bertz CT molecular complexity index is 1770. The van der Waals surface area contributed by atoms with Crippen LogP contribution < -0.4 is 20.1 Å². The summed E-state index contributed by atoms with van der Waals surface area (Å²) in [5, 5.41) is 15.1. The van der Waals surface area contributed by atoms with Crippen molar-refractivity contribution in [2.75, 3.05) is 26.1 Å². The molecule has 4 N–H and O–H groups in total. The van der Waals surface area contributed by atoms with E-state index in [2.05, 4.69) is 20.0 Å². The Hall–Kier alpha value is -3.88. The SMILES string of the molecule is COc1nc(N)nc2c1ncn2[C@@H]1O[C@H](COP(=O)(N[C@@H](C)C(=O)OCC(C)(C)C)Oc2cccc3ccccc23)[C@@H](O)[C@@]1(C)F. The molecule has 1 unspecified atom stereocenters. The molecule has 0 spiro atoms. The van der Waals surface area contributed by atoms with Crippen LogP contribution in [0.25, 0.3) is 21.9 Å². The predicted octanol–water partition coefficient (Wildman–Crippen LogP) is 4.33. The van der Waals surface area contributed by atoms with Crippen molar-refractivity contribution in [1.82, 2.24) is 24.6 Å². The molecule has 0 radical (unpaired) electrons. The molecule has 5 rings (SSSR count). The zero-order chi connectivity index (χ0) is 33.4. The van der Waals surface area contributed by atoms with Crippen molar-refractivity contribution >= 4 is 41.6 Å². The number of alkyl halides is 1. The third kappa shape index (κ3) is 6.93. The quantitative estimate of drug-likeness (QED) is 0.153. The summed E-state index contributed by atoms with van der Waals surface area (Å²) < 4.78 is 60.0. The standard InChI is InChI=1S/C30H38FN6O8P/c1-17(26(39)42-15-29(2,3)4)36-46(40,45-20-13-9-11-18-10-7-8-12-19(18)20)43-14-21-23(38)30(5,31)27(44-21)37-16-33-22-24(37)34-28(32)35-25(22)41-6/h7-13,16-17,21,23,27,38H,14-15H2,1-6H3,(H,36,40)(H2,32,34,35)/t17-,21+,23+,27+,30+,46?/m0/s1. The molecule has 2 aromatic carbocycles. The highest BCUT2D eigenvalue weighted by Gasteiger charge is 2.56. The first-order chi connectivity index (χ1) is 21.6. The average Bonchev–Trinajstić information content (AvgIpc) is 3.51. The minimum Gasteiger partial charge on any atom is -0.479 e. The van der Waals surface area contributed by atoms with Gasteiger partial charge in [-0.1, -0.05) is 57.2 Å². The van der Waals surface area contributed by atoms with Crippen molar-refractivity contribution in [3.05, 3.63) is 48.8 Å². The summed E-state index contributed by atoms with van der Waals surface area (Å²) in [4.78, 5) is 25.1. The van der Waals surface area contributed by atoms with Crippen LogP contribution >= 0.6 is 7.75 Å². The molecule has 0 saturated carbocycles. The topological polar surface area (TPSA) is 182 Å². The van der Waals surface area contributed by atoms with Crippen LogP contribution in [-0.4, -0.2) is 74.8 Å². The number of aromatic nitrogens is 4. The van der Waals surface area contributed by atoms with E-state index in [0.717, 1.165) is 12.3 Å². The van der Waals surface area contributed by atoms with Crippen molar-refractivity contribution in [2.24, 2.45) is 5.41 Å². The Morgan fingerprint density at radius 1 is 1.24 bits per heavy atom. The van der Waals surface area contributed by atoms with E-state index in [4.69, 9.17) is 29.0 Å². The van der Waals surface area contributed by atoms with Crippen LogP contribution in [0.3, 0.4) is 0 Å². The second-order valence-corrected chi connectivity index (χ2v) is 14.1. The predicted molar refractivity (Wildman–Crippen MR) is 167 cm³/mol. The van der Waals surface area contributed by atoms with Crippen LogP contribution in [0.1, 0.15) is 40.8 Å². The second kappa shape index (κ2) is 12.7. The van der Waals surface area contributed by atoms with Gasteiger partial charge in [0, 0.05) is 5.39 Å². The van der Waals surface area contributed by atoms with Crippen molar-refractivity contribution in [1.29, 1.82) is 0 Å². The molecule has 0 bridgehead atoms. The van der Waals surface area contributed by atoms with Gasteiger partial charge >= 0.3 is 13.7 Å². The fourth-order valence-electron chi connectivity index (χ4n) is 4.94. The van der Waals surface area contributed by atoms with E-state index in [1.54, 1.807) is 24.3 Å². The Morgan fingerprint density at radius 2 is 1.96 bits per heavy atom. The van der Waals surface area contributed by atoms with Gasteiger partial charge in [0.25, 0.3) is 0 Å². The largest absolute Gasteiger partial charge is 0.479 e. The first kappa shape index (κ1) is 33.5. The first-order valence-corrected chi connectivity index (χ1v) is 16.1. The summed E-state index contributed by atoms with van der Waals surface area (Å²) in [6, 6.07) is 11.3. The second-order valence-electron chi connectivity index (χ2n) is 12.4. The molecule has 1 saturated heterocycles. The van der Waals surface area contributed by atoms with Crippen LogP contribution in [0.4, 0.5) is 10.3 Å². The lowest BCUT2D eigenvalue weighted by molar-refractivity contribution is -0.148. The number of carbonyl (C=O) groups is 1. The monoisotopic (exact) mass is 660 g/mol. The normalized spacial score (nSPS) is 23.7. The summed E-state index contributed by atoms with van der Waals surface area (Å²) in [6.07, 6.45) is -3.28. The van der Waals surface area contributed by atoms with Gasteiger partial charge in [0.1, 0.15) is 24.0 Å². The number of anilines is 1. The summed E-state index contributed by atoms with van der Waals surface area (Å²) in [6.45, 7) is 7.84. The molecule has 16 heteroatoms. The van der Waals surface area contributed by atoms with Gasteiger partial charge in [-0.15, -0.1) is 0 Å². The van der Waals surface area contributed by atoms with Crippen molar-refractivity contribution in [2.45, 2.75) is 64.8 Å². The number of nitrogens with one attached hydrogen (secondary N) is 1. The third-order valence-corrected chi connectivity index (χ3v) is 8.93. The number of ether oxygens (including phenoxy) is 3. The number of methoxy groups -OCH3 is 1. The molecule has 6 atom stereocenters. The van der Waals surface area contributed by atoms with E-state index >= 15 is 4.39 Å². The molecule has 46 heavy (non-hydrogen) atoms. The number of hydrogen-bond donors (Lipinski definition) is 3. The number of rotatable bonds is 11. The number of benzene rings is 2. The molecule has 1 fully saturated rings. The zero-order valence-electron chi connectivity index (χ0n) is 26.3. The van der Waals surface area contributed by atoms with Gasteiger partial charge in [-0.05, 0) is 30.7 Å². The van der Waals surface area contributed by atoms with Gasteiger partial charge in [-0.2, -0.15) is 15.1 Å². The highest BCUT2D eigenvalue weighted by atomic mass is 31.2. The molecular weight excluding hydrogens is 622 g/mol. The number of nitrogens with two attached hydrogens (primary N) is 1. The number of nitrogen functional groups attached to an aromatic ring is 1. The molecule has 1 aliphatic heterocycles. The van der Waals surface area contributed by atoms with Crippen molar-refractivity contribution < 1.29 is 42.1 Å². The minimum absolute atomic E-state index is 0.0768. The van der Waals surface area contributed by atoms with Gasteiger partial charge in [0.05, 0.1) is 26.7 Å². The number of imidazole rings is 1. The molecule has 3 heterocycles. The summed E-state index contributed by atoms with van der Waals surface area (Å²) in [5.74, 6) is -0.537. The lowest BCUT2D eigenvalue weighted by Crippen LogP contribution is -2.41. The molecule has 2 aromatic heterocycles. The zero-order valence-corrected chi connectivity index (χ0v) is 27.2. The molecular formula is C30H38FN6O8P. The fraction of sp³-hybridized carbons (Fsp3) is 0.467. The van der Waals surface area contributed by atoms with Gasteiger partial charge in [0.2, 0.25) is 11.8 Å². The van der Waals surface area contributed by atoms with E-state index in [1.165, 1.54) is 24.9 Å². The van der Waals surface area contributed by atoms with Crippen LogP contribution in [0.2, 0.25) is 0 Å². The third-order valence-electron chi connectivity index (χ3n) is 7.30.